The van der Waals surface area contributed by atoms with Crippen LogP contribution in [0.5, 0.6) is 17.2 Å². The van der Waals surface area contributed by atoms with E-state index in [1.807, 2.05) is 0 Å². The fourth-order valence-corrected chi connectivity index (χ4v) is 3.67. The molecule has 0 unspecified atom stereocenters. The Labute approximate surface area is 218 Å². The SMILES string of the molecule is COCCOc1cc2nccc(Oc3ccc(NC(=O)Nc4cccc(CC(N)=O)c4)cc3)c2cc1C#N. The van der Waals surface area contributed by atoms with Crippen molar-refractivity contribution >= 4 is 34.2 Å². The molecule has 0 atom stereocenters. The number of carbonyl (C=O) groups is 2. The Kier molecular flexibility index (Phi) is 8.33. The number of fused-ring (bicyclic) bond motifs is 1. The maximum Gasteiger partial charge on any atom is 0.323 e. The Morgan fingerprint density at radius 1 is 0.974 bits per heavy atom. The number of amides is 3. The maximum atomic E-state index is 12.4. The van der Waals surface area contributed by atoms with Gasteiger partial charge in [-0.25, -0.2) is 4.79 Å². The molecule has 0 bridgehead atoms. The molecule has 4 aromatic rings. The van der Waals surface area contributed by atoms with Crippen LogP contribution >= 0.6 is 0 Å². The lowest BCUT2D eigenvalue weighted by atomic mass is 10.1. The molecule has 0 saturated carbocycles. The summed E-state index contributed by atoms with van der Waals surface area (Å²) in [4.78, 5) is 27.9. The number of anilines is 2. The Balaban J connectivity index is 1.43. The molecule has 10 heteroatoms. The van der Waals surface area contributed by atoms with Crippen LogP contribution in [0.1, 0.15) is 11.1 Å². The zero-order valence-corrected chi connectivity index (χ0v) is 20.6. The number of carbonyl (C=O) groups excluding carboxylic acids is 2. The first-order valence-electron chi connectivity index (χ1n) is 11.6. The van der Waals surface area contributed by atoms with E-state index in [9.17, 15) is 14.9 Å². The number of nitrogens with one attached hydrogen (secondary N) is 2. The number of nitriles is 1. The topological polar surface area (TPSA) is 149 Å². The summed E-state index contributed by atoms with van der Waals surface area (Å²) >= 11 is 0. The van der Waals surface area contributed by atoms with E-state index in [1.165, 1.54) is 0 Å². The number of ether oxygens (including phenoxy) is 3. The molecule has 0 radical (unpaired) electrons. The molecule has 3 aromatic carbocycles. The number of rotatable bonds is 10. The van der Waals surface area contributed by atoms with Gasteiger partial charge in [0.2, 0.25) is 5.91 Å². The lowest BCUT2D eigenvalue weighted by Gasteiger charge is -2.12. The van der Waals surface area contributed by atoms with E-state index >= 15 is 0 Å². The van der Waals surface area contributed by atoms with E-state index in [4.69, 9.17) is 19.9 Å². The minimum atomic E-state index is -0.448. The fourth-order valence-electron chi connectivity index (χ4n) is 3.67. The number of benzene rings is 3. The zero-order valence-electron chi connectivity index (χ0n) is 20.6. The summed E-state index contributed by atoms with van der Waals surface area (Å²) in [5.41, 5.74) is 8.00. The van der Waals surface area contributed by atoms with Crippen molar-refractivity contribution in [1.82, 2.24) is 4.98 Å². The lowest BCUT2D eigenvalue weighted by Crippen LogP contribution is -2.19. The van der Waals surface area contributed by atoms with Crippen molar-refractivity contribution in [1.29, 1.82) is 5.26 Å². The van der Waals surface area contributed by atoms with Crippen molar-refractivity contribution in [2.45, 2.75) is 6.42 Å². The van der Waals surface area contributed by atoms with E-state index in [0.717, 1.165) is 0 Å². The van der Waals surface area contributed by atoms with Gasteiger partial charge in [-0.15, -0.1) is 0 Å². The predicted molar refractivity (Wildman–Crippen MR) is 142 cm³/mol. The van der Waals surface area contributed by atoms with Crippen LogP contribution in [0, 0.1) is 11.3 Å². The first-order chi connectivity index (χ1) is 18.4. The molecule has 0 spiro atoms. The molecule has 0 fully saturated rings. The van der Waals surface area contributed by atoms with Crippen molar-refractivity contribution in [2.24, 2.45) is 5.73 Å². The Bertz CT molecular complexity index is 1500. The van der Waals surface area contributed by atoms with E-state index < -0.39 is 11.9 Å². The molecular formula is C28H25N5O5. The highest BCUT2D eigenvalue weighted by atomic mass is 16.5. The van der Waals surface area contributed by atoms with Gasteiger partial charge in [-0.3, -0.25) is 9.78 Å². The third-order valence-electron chi connectivity index (χ3n) is 5.37. The molecular weight excluding hydrogens is 486 g/mol. The summed E-state index contributed by atoms with van der Waals surface area (Å²) in [5.74, 6) is 1.02. The van der Waals surface area contributed by atoms with Crippen LogP contribution < -0.4 is 25.8 Å². The second kappa shape index (κ2) is 12.2. The van der Waals surface area contributed by atoms with Crippen LogP contribution in [0.4, 0.5) is 16.2 Å². The molecule has 192 valence electrons. The summed E-state index contributed by atoms with van der Waals surface area (Å²) in [5, 5.41) is 15.7. The molecule has 0 aliphatic carbocycles. The van der Waals surface area contributed by atoms with Gasteiger partial charge in [-0.1, -0.05) is 12.1 Å². The quantitative estimate of drug-likeness (QED) is 0.264. The number of hydrogen-bond acceptors (Lipinski definition) is 7. The number of hydrogen-bond donors (Lipinski definition) is 3. The van der Waals surface area contributed by atoms with Crippen LogP contribution in [-0.4, -0.2) is 37.2 Å². The summed E-state index contributed by atoms with van der Waals surface area (Å²) < 4.78 is 16.7. The highest BCUT2D eigenvalue weighted by Crippen LogP contribution is 2.33. The average molecular weight is 512 g/mol. The molecule has 10 nitrogen and oxygen atoms in total. The van der Waals surface area contributed by atoms with Crippen LogP contribution in [0.25, 0.3) is 10.9 Å². The van der Waals surface area contributed by atoms with Gasteiger partial charge in [0.15, 0.2) is 0 Å². The number of primary amides is 1. The second-order valence-electron chi connectivity index (χ2n) is 8.18. The number of urea groups is 1. The fraction of sp³-hybridized carbons (Fsp3) is 0.143. The second-order valence-corrected chi connectivity index (χ2v) is 8.18. The number of aromatic nitrogens is 1. The molecule has 38 heavy (non-hydrogen) atoms. The van der Waals surface area contributed by atoms with E-state index in [2.05, 4.69) is 21.7 Å². The monoisotopic (exact) mass is 511 g/mol. The molecule has 4 N–H and O–H groups in total. The van der Waals surface area contributed by atoms with E-state index in [-0.39, 0.29) is 6.42 Å². The number of methoxy groups -OCH3 is 1. The number of pyridine rings is 1. The van der Waals surface area contributed by atoms with E-state index in [0.29, 0.717) is 63.9 Å². The smallest absolute Gasteiger partial charge is 0.323 e. The number of nitrogens with zero attached hydrogens (tertiary/aromatic N) is 2. The summed E-state index contributed by atoms with van der Waals surface area (Å²) in [6.07, 6.45) is 1.70. The van der Waals surface area contributed by atoms with Gasteiger partial charge in [-0.2, -0.15) is 5.26 Å². The van der Waals surface area contributed by atoms with Crippen LogP contribution in [-0.2, 0) is 16.0 Å². The maximum absolute atomic E-state index is 12.4. The summed E-state index contributed by atoms with van der Waals surface area (Å²) in [6.45, 7) is 0.711. The Hall–Kier alpha value is -5.14. The normalized spacial score (nSPS) is 10.4. The van der Waals surface area contributed by atoms with Gasteiger partial charge >= 0.3 is 6.03 Å². The first kappa shape index (κ1) is 25.9. The predicted octanol–water partition coefficient (Wildman–Crippen LogP) is 4.60. The largest absolute Gasteiger partial charge is 0.490 e. The molecule has 0 aliphatic rings. The van der Waals surface area contributed by atoms with Gasteiger partial charge < -0.3 is 30.6 Å². The standard InChI is InChI=1S/C28H25N5O5/c1-36-11-12-37-26-16-24-23(15-19(26)17-29)25(9-10-31-24)38-22-7-5-20(6-8-22)32-28(35)33-21-4-2-3-18(13-21)14-27(30)34/h2-10,13,15-16H,11-12,14H2,1H3,(H2,30,34)(H2,32,33,35). The average Bonchev–Trinajstić information content (AvgIpc) is 2.89. The van der Waals surface area contributed by atoms with Gasteiger partial charge in [0.05, 0.1) is 24.1 Å². The molecule has 0 saturated heterocycles. The van der Waals surface area contributed by atoms with Crippen molar-refractivity contribution in [3.63, 3.8) is 0 Å². The first-order valence-corrected chi connectivity index (χ1v) is 11.6. The van der Waals surface area contributed by atoms with Crippen molar-refractivity contribution in [3.8, 4) is 23.3 Å². The summed E-state index contributed by atoms with van der Waals surface area (Å²) in [6, 6.07) is 20.5. The number of nitrogens with two attached hydrogens (primary N) is 1. The molecule has 1 aromatic heterocycles. The molecule has 4 rings (SSSR count). The minimum Gasteiger partial charge on any atom is -0.490 e. The van der Waals surface area contributed by atoms with Crippen LogP contribution in [0.15, 0.2) is 72.9 Å². The molecule has 3 amide bonds. The Morgan fingerprint density at radius 3 is 2.50 bits per heavy atom. The third kappa shape index (κ3) is 6.75. The van der Waals surface area contributed by atoms with Crippen molar-refractivity contribution in [3.05, 3.63) is 84.1 Å². The van der Waals surface area contributed by atoms with Crippen LogP contribution in [0.2, 0.25) is 0 Å². The Morgan fingerprint density at radius 2 is 1.76 bits per heavy atom. The highest BCUT2D eigenvalue weighted by Gasteiger charge is 2.12. The highest BCUT2D eigenvalue weighted by molar-refractivity contribution is 5.99. The third-order valence-corrected chi connectivity index (χ3v) is 5.37. The summed E-state index contributed by atoms with van der Waals surface area (Å²) in [7, 11) is 1.58. The van der Waals surface area contributed by atoms with E-state index in [1.54, 1.807) is 80.0 Å². The van der Waals surface area contributed by atoms with Gasteiger partial charge in [0, 0.05) is 36.1 Å². The van der Waals surface area contributed by atoms with Gasteiger partial charge in [-0.05, 0) is 54.1 Å². The molecule has 0 aliphatic heterocycles. The van der Waals surface area contributed by atoms with Crippen molar-refractivity contribution < 1.29 is 23.8 Å². The minimum absolute atomic E-state index is 0.0898. The van der Waals surface area contributed by atoms with Crippen LogP contribution in [0.3, 0.4) is 0 Å². The van der Waals surface area contributed by atoms with Gasteiger partial charge in [0.25, 0.3) is 0 Å². The van der Waals surface area contributed by atoms with Crippen molar-refractivity contribution in [2.75, 3.05) is 31.0 Å². The zero-order chi connectivity index (χ0) is 26.9. The van der Waals surface area contributed by atoms with Gasteiger partial charge in [0.1, 0.15) is 29.9 Å². The molecule has 1 heterocycles. The lowest BCUT2D eigenvalue weighted by molar-refractivity contribution is -0.117.